The average molecular weight is 359 g/mol. The average Bonchev–Trinajstić information content (AvgIpc) is 2.66. The molecule has 3 rings (SSSR count). The Balaban J connectivity index is 2.12. The highest BCUT2D eigenvalue weighted by Gasteiger charge is 2.26. The zero-order chi connectivity index (χ0) is 18.8. The molecular formula is C18H19N2O6+. The second-order valence-corrected chi connectivity index (χ2v) is 5.69. The summed E-state index contributed by atoms with van der Waals surface area (Å²) in [5, 5.41) is 11.1. The maximum Gasteiger partial charge on any atom is 0.292 e. The summed E-state index contributed by atoms with van der Waals surface area (Å²) in [6.07, 6.45) is 1.81. The van der Waals surface area contributed by atoms with Gasteiger partial charge in [0.1, 0.15) is 5.75 Å². The predicted molar refractivity (Wildman–Crippen MR) is 94.5 cm³/mol. The molecule has 8 nitrogen and oxygen atoms in total. The topological polar surface area (TPSA) is 83.1 Å². The molecule has 0 unspecified atom stereocenters. The van der Waals surface area contributed by atoms with E-state index in [9.17, 15) is 10.1 Å². The zero-order valence-corrected chi connectivity index (χ0v) is 14.9. The number of nitro benzene ring substituents is 1. The summed E-state index contributed by atoms with van der Waals surface area (Å²) in [6, 6.07) is 6.57. The van der Waals surface area contributed by atoms with Gasteiger partial charge in [-0.3, -0.25) is 10.1 Å². The van der Waals surface area contributed by atoms with Crippen LogP contribution in [0.3, 0.4) is 0 Å². The van der Waals surface area contributed by atoms with Crippen LogP contribution in [0.15, 0.2) is 24.3 Å². The smallest absolute Gasteiger partial charge is 0.292 e. The van der Waals surface area contributed by atoms with E-state index >= 15 is 0 Å². The van der Waals surface area contributed by atoms with E-state index < -0.39 is 4.92 Å². The first kappa shape index (κ1) is 17.5. The fourth-order valence-electron chi connectivity index (χ4n) is 2.90. The molecule has 0 aromatic heterocycles. The first-order valence-electron chi connectivity index (χ1n) is 7.81. The Hall–Kier alpha value is -3.29. The summed E-state index contributed by atoms with van der Waals surface area (Å²) in [7, 11) is 4.62. The van der Waals surface area contributed by atoms with Crippen molar-refractivity contribution in [1.29, 1.82) is 0 Å². The molecule has 1 aliphatic heterocycles. The Morgan fingerprint density at radius 2 is 1.73 bits per heavy atom. The van der Waals surface area contributed by atoms with Crippen LogP contribution in [-0.4, -0.2) is 43.8 Å². The van der Waals surface area contributed by atoms with Gasteiger partial charge >= 0.3 is 0 Å². The Kier molecular flexibility index (Phi) is 4.66. The third-order valence-corrected chi connectivity index (χ3v) is 4.12. The molecule has 0 atom stereocenters. The van der Waals surface area contributed by atoms with Gasteiger partial charge in [-0.05, 0) is 12.5 Å². The zero-order valence-electron chi connectivity index (χ0n) is 14.9. The molecule has 8 heteroatoms. The number of ether oxygens (including phenoxy) is 4. The molecule has 2 aromatic carbocycles. The predicted octanol–water partition coefficient (Wildman–Crippen LogP) is 3.04. The fraction of sp³-hybridized carbons (Fsp3) is 0.278. The first-order chi connectivity index (χ1) is 12.5. The van der Waals surface area contributed by atoms with E-state index in [0.717, 1.165) is 11.3 Å². The molecule has 136 valence electrons. The molecule has 0 N–H and O–H groups in total. The summed E-state index contributed by atoms with van der Waals surface area (Å²) in [5.41, 5.74) is 2.12. The number of nitrogens with zero attached hydrogens (tertiary/aromatic N) is 2. The van der Waals surface area contributed by atoms with Crippen LogP contribution < -0.4 is 18.9 Å². The second kappa shape index (κ2) is 6.91. The molecule has 1 heterocycles. The van der Waals surface area contributed by atoms with Crippen molar-refractivity contribution in [3.63, 3.8) is 0 Å². The van der Waals surface area contributed by atoms with Gasteiger partial charge in [0, 0.05) is 12.1 Å². The molecular weight excluding hydrogens is 340 g/mol. The fourth-order valence-corrected chi connectivity index (χ4v) is 2.90. The number of nitro groups is 1. The van der Waals surface area contributed by atoms with Crippen molar-refractivity contribution in [2.24, 2.45) is 0 Å². The van der Waals surface area contributed by atoms with Crippen LogP contribution >= 0.6 is 0 Å². The van der Waals surface area contributed by atoms with Crippen LogP contribution in [0.5, 0.6) is 23.0 Å². The van der Waals surface area contributed by atoms with E-state index in [1.165, 1.54) is 19.2 Å². The lowest BCUT2D eigenvalue weighted by molar-refractivity contribution is -0.476. The third-order valence-electron chi connectivity index (χ3n) is 4.12. The van der Waals surface area contributed by atoms with E-state index in [-0.39, 0.29) is 12.4 Å². The highest BCUT2D eigenvalue weighted by Crippen LogP contribution is 2.41. The molecule has 0 saturated heterocycles. The number of fused-ring (bicyclic) bond motifs is 1. The number of benzene rings is 2. The normalized spacial score (nSPS) is 12.5. The SMILES string of the molecule is COc1cc([N+]2=Cc3cc([N+](=O)[O-])cc(C)c3OC2)cc(OC)c1OC. The molecule has 2 aromatic rings. The van der Waals surface area contributed by atoms with E-state index in [1.54, 1.807) is 39.5 Å². The number of hydrogen-bond donors (Lipinski definition) is 0. The number of methoxy groups -OCH3 is 3. The molecule has 0 saturated carbocycles. The van der Waals surface area contributed by atoms with Gasteiger partial charge in [-0.15, -0.1) is 0 Å². The summed E-state index contributed by atoms with van der Waals surface area (Å²) in [4.78, 5) is 10.7. The van der Waals surface area contributed by atoms with Gasteiger partial charge < -0.3 is 18.9 Å². The lowest BCUT2D eigenvalue weighted by Gasteiger charge is -2.17. The minimum absolute atomic E-state index is 0.0212. The largest absolute Gasteiger partial charge is 0.492 e. The Labute approximate surface area is 150 Å². The van der Waals surface area contributed by atoms with E-state index in [2.05, 4.69) is 0 Å². The lowest BCUT2D eigenvalue weighted by Crippen LogP contribution is -2.21. The summed E-state index contributed by atoms with van der Waals surface area (Å²) in [6.45, 7) is 2.04. The molecule has 0 spiro atoms. The van der Waals surface area contributed by atoms with Crippen molar-refractivity contribution >= 4 is 17.6 Å². The number of non-ortho nitro benzene ring substituents is 1. The van der Waals surface area contributed by atoms with Crippen LogP contribution in [0, 0.1) is 17.0 Å². The van der Waals surface area contributed by atoms with Gasteiger partial charge in [0.25, 0.3) is 12.4 Å². The molecule has 26 heavy (non-hydrogen) atoms. The minimum atomic E-state index is -0.417. The summed E-state index contributed by atoms with van der Waals surface area (Å²) < 4.78 is 23.7. The van der Waals surface area contributed by atoms with E-state index in [4.69, 9.17) is 18.9 Å². The molecule has 0 aliphatic carbocycles. The standard InChI is InChI=1S/C18H19N2O6/c1-11-5-14(20(21)22)6-12-9-19(10-26-17(11)12)13-7-15(23-2)18(25-4)16(8-13)24-3/h5-9H,10H2,1-4H3/q+1. The highest BCUT2D eigenvalue weighted by molar-refractivity contribution is 5.84. The second-order valence-electron chi connectivity index (χ2n) is 5.69. The van der Waals surface area contributed by atoms with Crippen molar-refractivity contribution in [2.75, 3.05) is 28.1 Å². The summed E-state index contributed by atoms with van der Waals surface area (Å²) >= 11 is 0. The molecule has 0 amide bonds. The Bertz CT molecular complexity index is 882. The maximum absolute atomic E-state index is 11.1. The van der Waals surface area contributed by atoms with Gasteiger partial charge in [-0.1, -0.05) is 0 Å². The van der Waals surface area contributed by atoms with Gasteiger partial charge in [0.15, 0.2) is 17.7 Å². The van der Waals surface area contributed by atoms with Gasteiger partial charge in [-0.2, -0.15) is 4.58 Å². The number of hydrogen-bond acceptors (Lipinski definition) is 6. The first-order valence-corrected chi connectivity index (χ1v) is 7.81. The quantitative estimate of drug-likeness (QED) is 0.464. The van der Waals surface area contributed by atoms with Crippen molar-refractivity contribution in [1.82, 2.24) is 0 Å². The van der Waals surface area contributed by atoms with Crippen molar-refractivity contribution in [3.05, 3.63) is 45.5 Å². The summed E-state index contributed by atoms with van der Waals surface area (Å²) in [5.74, 6) is 2.15. The van der Waals surface area contributed by atoms with E-state index in [1.807, 2.05) is 4.58 Å². The van der Waals surface area contributed by atoms with Crippen LogP contribution in [0.4, 0.5) is 11.4 Å². The molecule has 0 radical (unpaired) electrons. The van der Waals surface area contributed by atoms with Crippen molar-refractivity contribution in [2.45, 2.75) is 6.92 Å². The Morgan fingerprint density at radius 1 is 1.08 bits per heavy atom. The van der Waals surface area contributed by atoms with Crippen LogP contribution in [0.2, 0.25) is 0 Å². The maximum atomic E-state index is 11.1. The molecule has 0 bridgehead atoms. The number of aryl methyl sites for hydroxylation is 1. The number of rotatable bonds is 5. The molecule has 0 fully saturated rings. The van der Waals surface area contributed by atoms with Gasteiger partial charge in [-0.25, -0.2) is 0 Å². The lowest BCUT2D eigenvalue weighted by atomic mass is 10.1. The van der Waals surface area contributed by atoms with E-state index in [0.29, 0.717) is 28.6 Å². The molecule has 1 aliphatic rings. The van der Waals surface area contributed by atoms with Crippen LogP contribution in [0.1, 0.15) is 11.1 Å². The van der Waals surface area contributed by atoms with Gasteiger partial charge in [0.2, 0.25) is 11.4 Å². The van der Waals surface area contributed by atoms with Crippen molar-refractivity contribution in [3.8, 4) is 23.0 Å². The van der Waals surface area contributed by atoms with Crippen molar-refractivity contribution < 1.29 is 28.4 Å². The van der Waals surface area contributed by atoms with Crippen LogP contribution in [0.25, 0.3) is 0 Å². The highest BCUT2D eigenvalue weighted by atomic mass is 16.6. The minimum Gasteiger partial charge on any atom is -0.492 e. The third kappa shape index (κ3) is 3.01. The Morgan fingerprint density at radius 3 is 2.27 bits per heavy atom. The van der Waals surface area contributed by atoms with Crippen LogP contribution in [-0.2, 0) is 0 Å². The monoisotopic (exact) mass is 359 g/mol. The van der Waals surface area contributed by atoms with Gasteiger partial charge in [0.05, 0.1) is 43.9 Å².